The van der Waals surface area contributed by atoms with Crippen molar-refractivity contribution in [3.05, 3.63) is 0 Å². The number of carbonyl (C=O) groups excluding carboxylic acids is 1. The highest BCUT2D eigenvalue weighted by Crippen LogP contribution is 2.29. The van der Waals surface area contributed by atoms with Crippen molar-refractivity contribution in [1.29, 1.82) is 0 Å². The highest BCUT2D eigenvalue weighted by molar-refractivity contribution is 5.83. The van der Waals surface area contributed by atoms with E-state index in [2.05, 4.69) is 0 Å². The number of ether oxygens (including phenoxy) is 1. The predicted octanol–water partition coefficient (Wildman–Crippen LogP) is 1.93. The van der Waals surface area contributed by atoms with Crippen LogP contribution in [0.5, 0.6) is 0 Å². The maximum absolute atomic E-state index is 12.8. The van der Waals surface area contributed by atoms with E-state index >= 15 is 0 Å². The van der Waals surface area contributed by atoms with Gasteiger partial charge in [0.1, 0.15) is 6.04 Å². The fraction of sp³-hybridized carbons (Fsp3) is 0.867. The first kappa shape index (κ1) is 16.1. The number of carboxylic acid groups (broad SMARTS) is 1. The number of piperidine rings is 1. The molecule has 2 aliphatic heterocycles. The van der Waals surface area contributed by atoms with Crippen LogP contribution < -0.4 is 0 Å². The highest BCUT2D eigenvalue weighted by atomic mass is 16.5. The fourth-order valence-corrected chi connectivity index (χ4v) is 3.52. The van der Waals surface area contributed by atoms with Crippen LogP contribution in [0.25, 0.3) is 0 Å². The number of carbonyl (C=O) groups is 2. The van der Waals surface area contributed by atoms with E-state index in [0.29, 0.717) is 26.1 Å². The lowest BCUT2D eigenvalue weighted by atomic mass is 9.98. The Labute approximate surface area is 126 Å². The Morgan fingerprint density at radius 1 is 1.10 bits per heavy atom. The SMILES string of the molecule is CC1(C)CN(C(=O)N2CCCCC2C(=O)O)CC(C)(C)O1. The zero-order chi connectivity index (χ0) is 15.8. The summed E-state index contributed by atoms with van der Waals surface area (Å²) < 4.78 is 5.97. The molecule has 0 aromatic carbocycles. The van der Waals surface area contributed by atoms with E-state index in [1.807, 2.05) is 27.7 Å². The average molecular weight is 298 g/mol. The van der Waals surface area contributed by atoms with Crippen LogP contribution >= 0.6 is 0 Å². The Balaban J connectivity index is 2.16. The van der Waals surface area contributed by atoms with E-state index in [-0.39, 0.29) is 6.03 Å². The van der Waals surface area contributed by atoms with E-state index in [4.69, 9.17) is 4.74 Å². The smallest absolute Gasteiger partial charge is 0.326 e. The third-order valence-corrected chi connectivity index (χ3v) is 4.00. The molecule has 6 nitrogen and oxygen atoms in total. The third kappa shape index (κ3) is 3.67. The van der Waals surface area contributed by atoms with E-state index in [1.54, 1.807) is 4.90 Å². The third-order valence-electron chi connectivity index (χ3n) is 4.00. The fourth-order valence-electron chi connectivity index (χ4n) is 3.52. The van der Waals surface area contributed by atoms with Crippen LogP contribution in [0.1, 0.15) is 47.0 Å². The van der Waals surface area contributed by atoms with Gasteiger partial charge >= 0.3 is 12.0 Å². The first-order valence-corrected chi connectivity index (χ1v) is 7.60. The Morgan fingerprint density at radius 3 is 2.19 bits per heavy atom. The molecule has 2 amide bonds. The molecule has 0 spiro atoms. The quantitative estimate of drug-likeness (QED) is 0.803. The van der Waals surface area contributed by atoms with Crippen LogP contribution in [-0.2, 0) is 9.53 Å². The summed E-state index contributed by atoms with van der Waals surface area (Å²) in [6, 6.07) is -0.869. The van der Waals surface area contributed by atoms with Crippen LogP contribution in [0, 0.1) is 0 Å². The van der Waals surface area contributed by atoms with Gasteiger partial charge in [-0.15, -0.1) is 0 Å². The summed E-state index contributed by atoms with van der Waals surface area (Å²) in [5.41, 5.74) is -0.849. The Hall–Kier alpha value is -1.30. The summed E-state index contributed by atoms with van der Waals surface area (Å²) in [5, 5.41) is 9.32. The molecular formula is C15H26N2O4. The van der Waals surface area contributed by atoms with Gasteiger partial charge in [-0.3, -0.25) is 0 Å². The van der Waals surface area contributed by atoms with Gasteiger partial charge in [0.05, 0.1) is 24.3 Å². The summed E-state index contributed by atoms with van der Waals surface area (Å²) in [5.74, 6) is -0.908. The van der Waals surface area contributed by atoms with Crippen molar-refractivity contribution >= 4 is 12.0 Å². The number of hydrogen-bond donors (Lipinski definition) is 1. The van der Waals surface area contributed by atoms with E-state index in [9.17, 15) is 14.7 Å². The number of amides is 2. The zero-order valence-electron chi connectivity index (χ0n) is 13.4. The number of likely N-dealkylation sites (tertiary alicyclic amines) is 1. The molecule has 0 saturated carbocycles. The first-order valence-electron chi connectivity index (χ1n) is 7.60. The van der Waals surface area contributed by atoms with Gasteiger partial charge in [-0.25, -0.2) is 9.59 Å². The van der Waals surface area contributed by atoms with Crippen molar-refractivity contribution in [3.63, 3.8) is 0 Å². The summed E-state index contributed by atoms with van der Waals surface area (Å²) in [6.45, 7) is 9.32. The molecule has 0 aliphatic carbocycles. The normalized spacial score (nSPS) is 28.3. The number of urea groups is 1. The number of nitrogens with zero attached hydrogens (tertiary/aromatic N) is 2. The topological polar surface area (TPSA) is 70.1 Å². The second-order valence-corrected chi connectivity index (χ2v) is 7.30. The molecule has 21 heavy (non-hydrogen) atoms. The van der Waals surface area contributed by atoms with Gasteiger partial charge < -0.3 is 19.6 Å². The second-order valence-electron chi connectivity index (χ2n) is 7.30. The van der Waals surface area contributed by atoms with Gasteiger partial charge in [0.25, 0.3) is 0 Å². The highest BCUT2D eigenvalue weighted by Gasteiger charge is 2.43. The van der Waals surface area contributed by atoms with Crippen molar-refractivity contribution in [2.24, 2.45) is 0 Å². The molecule has 2 aliphatic rings. The molecule has 2 rings (SSSR count). The van der Waals surface area contributed by atoms with E-state index in [1.165, 1.54) is 4.90 Å². The molecule has 1 unspecified atom stereocenters. The first-order chi connectivity index (χ1) is 9.61. The lowest BCUT2D eigenvalue weighted by Gasteiger charge is -2.49. The van der Waals surface area contributed by atoms with Gasteiger partial charge in [-0.2, -0.15) is 0 Å². The summed E-state index contributed by atoms with van der Waals surface area (Å²) in [4.78, 5) is 27.4. The molecule has 120 valence electrons. The molecule has 2 heterocycles. The minimum absolute atomic E-state index is 0.174. The minimum atomic E-state index is -0.908. The van der Waals surface area contributed by atoms with Crippen molar-refractivity contribution in [1.82, 2.24) is 9.80 Å². The zero-order valence-corrected chi connectivity index (χ0v) is 13.4. The van der Waals surface area contributed by atoms with Crippen LogP contribution in [-0.4, -0.2) is 63.8 Å². The van der Waals surface area contributed by atoms with Crippen LogP contribution in [0.4, 0.5) is 4.79 Å². The lowest BCUT2D eigenvalue weighted by Crippen LogP contribution is -2.62. The Bertz CT molecular complexity index is 417. The summed E-state index contributed by atoms with van der Waals surface area (Å²) in [6.07, 6.45) is 2.27. The standard InChI is InChI=1S/C15H26N2O4/c1-14(2)9-16(10-15(3,4)21-14)13(20)17-8-6-5-7-11(17)12(18)19/h11H,5-10H2,1-4H3,(H,18,19). The molecule has 1 N–H and O–H groups in total. The largest absolute Gasteiger partial charge is 0.480 e. The molecule has 0 radical (unpaired) electrons. The number of rotatable bonds is 1. The average Bonchev–Trinajstić information content (AvgIpc) is 2.34. The van der Waals surface area contributed by atoms with E-state index < -0.39 is 23.2 Å². The molecular weight excluding hydrogens is 272 g/mol. The molecule has 2 saturated heterocycles. The van der Waals surface area contributed by atoms with Gasteiger partial charge in [0.15, 0.2) is 0 Å². The summed E-state index contributed by atoms with van der Waals surface area (Å²) in [7, 11) is 0. The second kappa shape index (κ2) is 5.48. The van der Waals surface area contributed by atoms with Gasteiger partial charge in [0, 0.05) is 6.54 Å². The predicted molar refractivity (Wildman–Crippen MR) is 78.2 cm³/mol. The Kier molecular flexibility index (Phi) is 4.19. The van der Waals surface area contributed by atoms with Crippen molar-refractivity contribution in [3.8, 4) is 0 Å². The number of hydrogen-bond acceptors (Lipinski definition) is 3. The monoisotopic (exact) mass is 298 g/mol. The number of morpholine rings is 1. The number of aliphatic carboxylic acids is 1. The minimum Gasteiger partial charge on any atom is -0.480 e. The van der Waals surface area contributed by atoms with Crippen LogP contribution in [0.3, 0.4) is 0 Å². The summed E-state index contributed by atoms with van der Waals surface area (Å²) >= 11 is 0. The molecule has 0 bridgehead atoms. The number of carboxylic acids is 1. The molecule has 0 aromatic heterocycles. The molecule has 6 heteroatoms. The molecule has 0 aromatic rings. The maximum Gasteiger partial charge on any atom is 0.326 e. The van der Waals surface area contributed by atoms with Gasteiger partial charge in [0.2, 0.25) is 0 Å². The van der Waals surface area contributed by atoms with Gasteiger partial charge in [-0.05, 0) is 47.0 Å². The molecule has 2 fully saturated rings. The van der Waals surface area contributed by atoms with Gasteiger partial charge in [-0.1, -0.05) is 0 Å². The van der Waals surface area contributed by atoms with E-state index in [0.717, 1.165) is 12.8 Å². The lowest BCUT2D eigenvalue weighted by molar-refractivity contribution is -0.172. The Morgan fingerprint density at radius 2 is 1.67 bits per heavy atom. The van der Waals surface area contributed by atoms with Crippen molar-refractivity contribution < 1.29 is 19.4 Å². The maximum atomic E-state index is 12.8. The van der Waals surface area contributed by atoms with Crippen LogP contribution in [0.15, 0.2) is 0 Å². The molecule has 1 atom stereocenters. The van der Waals surface area contributed by atoms with Crippen molar-refractivity contribution in [2.75, 3.05) is 19.6 Å². The van der Waals surface area contributed by atoms with Crippen LogP contribution in [0.2, 0.25) is 0 Å². The van der Waals surface area contributed by atoms with Crippen molar-refractivity contribution in [2.45, 2.75) is 64.2 Å².